The topological polar surface area (TPSA) is 123 Å². The van der Waals surface area contributed by atoms with E-state index in [1.165, 1.54) is 21.3 Å². The molecule has 0 fully saturated rings. The van der Waals surface area contributed by atoms with Crippen molar-refractivity contribution in [3.05, 3.63) is 10.4 Å². The second kappa shape index (κ2) is 7.87. The Morgan fingerprint density at radius 3 is 2.29 bits per heavy atom. The molecule has 0 saturated heterocycles. The first-order valence-electron chi connectivity index (χ1n) is 4.82. The Morgan fingerprint density at radius 1 is 1.41 bits per heavy atom. The van der Waals surface area contributed by atoms with Crippen molar-refractivity contribution in [3.8, 4) is 0 Å². The van der Waals surface area contributed by atoms with E-state index in [-0.39, 0.29) is 6.54 Å². The van der Waals surface area contributed by atoms with E-state index in [0.29, 0.717) is 12.5 Å². The highest BCUT2D eigenvalue weighted by atomic mass is 28.4. The molecule has 10 heteroatoms. The summed E-state index contributed by atoms with van der Waals surface area (Å²) in [6, 6.07) is -0.316. The maximum absolute atomic E-state index is 10.9. The van der Waals surface area contributed by atoms with E-state index in [9.17, 15) is 4.79 Å². The van der Waals surface area contributed by atoms with Gasteiger partial charge in [0, 0.05) is 27.4 Å². The quantitative estimate of drug-likeness (QED) is 0.229. The van der Waals surface area contributed by atoms with Crippen molar-refractivity contribution >= 4 is 14.8 Å². The molecule has 0 aliphatic rings. The van der Waals surface area contributed by atoms with Gasteiger partial charge in [-0.2, -0.15) is 9.92 Å². The smallest absolute Gasteiger partial charge is 0.377 e. The van der Waals surface area contributed by atoms with E-state index in [2.05, 4.69) is 10.1 Å². The van der Waals surface area contributed by atoms with E-state index in [1.54, 1.807) is 0 Å². The van der Waals surface area contributed by atoms with Gasteiger partial charge in [0.05, 0.1) is 6.54 Å². The molecule has 0 radical (unpaired) electrons. The van der Waals surface area contributed by atoms with E-state index >= 15 is 0 Å². The molecule has 0 aromatic heterocycles. The van der Waals surface area contributed by atoms with Gasteiger partial charge in [-0.1, -0.05) is 0 Å². The minimum absolute atomic E-state index is 0.185. The highest BCUT2D eigenvalue weighted by molar-refractivity contribution is 6.60. The molecule has 0 aromatic carbocycles. The van der Waals surface area contributed by atoms with Crippen LogP contribution in [0, 0.1) is 0 Å². The van der Waals surface area contributed by atoms with Crippen molar-refractivity contribution in [3.63, 3.8) is 0 Å². The summed E-state index contributed by atoms with van der Waals surface area (Å²) in [5, 5.41) is 3.99. The average Bonchev–Trinajstić information content (AvgIpc) is 2.34. The average molecular weight is 263 g/mol. The van der Waals surface area contributed by atoms with Gasteiger partial charge in [-0.05, 0) is 11.6 Å². The number of hydrogen-bond donors (Lipinski definition) is 1. The molecule has 0 saturated carbocycles. The zero-order valence-corrected chi connectivity index (χ0v) is 11.1. The first-order chi connectivity index (χ1) is 8.05. The number of carbonyl (C=O) groups excluding carboxylic acids is 1. The van der Waals surface area contributed by atoms with Gasteiger partial charge in [0.1, 0.15) is 0 Å². The van der Waals surface area contributed by atoms with Gasteiger partial charge in [0.25, 0.3) is 0 Å². The van der Waals surface area contributed by atoms with Crippen molar-refractivity contribution in [2.75, 3.05) is 27.9 Å². The number of urea groups is 1. The fourth-order valence-corrected chi connectivity index (χ4v) is 2.95. The third-order valence-corrected chi connectivity index (χ3v) is 5.02. The molecule has 0 aliphatic heterocycles. The van der Waals surface area contributed by atoms with Crippen molar-refractivity contribution in [2.45, 2.75) is 12.5 Å². The summed E-state index contributed by atoms with van der Waals surface area (Å²) < 4.78 is 15.6. The van der Waals surface area contributed by atoms with E-state index in [0.717, 1.165) is 5.01 Å². The summed E-state index contributed by atoms with van der Waals surface area (Å²) in [6.45, 7) is 0.185. The summed E-state index contributed by atoms with van der Waals surface area (Å²) in [7, 11) is 1.84. The Bertz CT molecular complexity index is 282. The molecule has 98 valence electrons. The van der Waals surface area contributed by atoms with Crippen LogP contribution in [0.5, 0.6) is 0 Å². The Morgan fingerprint density at radius 2 is 1.94 bits per heavy atom. The van der Waals surface area contributed by atoms with E-state index in [1.807, 2.05) is 0 Å². The Hall–Kier alpha value is -1.32. The predicted octanol–water partition coefficient (Wildman–Crippen LogP) is 0.861. The lowest BCUT2D eigenvalue weighted by atomic mass is 10.5. The zero-order chi connectivity index (χ0) is 13.3. The number of nitrogens with two attached hydrogens (primary N) is 1. The van der Waals surface area contributed by atoms with Crippen molar-refractivity contribution < 1.29 is 18.1 Å². The minimum Gasteiger partial charge on any atom is -0.377 e. The Labute approximate surface area is 100 Å². The van der Waals surface area contributed by atoms with Gasteiger partial charge in [-0.3, -0.25) is 0 Å². The van der Waals surface area contributed by atoms with Crippen LogP contribution in [-0.4, -0.2) is 47.7 Å². The number of rotatable bonds is 8. The Kier molecular flexibility index (Phi) is 7.26. The first kappa shape index (κ1) is 15.7. The summed E-state index contributed by atoms with van der Waals surface area (Å²) in [5.41, 5.74) is 13.2. The van der Waals surface area contributed by atoms with Crippen LogP contribution in [0.2, 0.25) is 6.04 Å². The molecule has 0 aromatic rings. The van der Waals surface area contributed by atoms with E-state index in [4.69, 9.17) is 24.5 Å². The second-order valence-electron chi connectivity index (χ2n) is 3.04. The SMILES string of the molecule is CO[Si](CCCN(N=[N+]=[N-])C(N)=O)(OC)OC. The molecule has 0 heterocycles. The standard InChI is InChI=1S/C7H17N5O4Si/c1-14-17(15-2,16-3)6-4-5-12(7(8)13)11-10-9/h4-6H2,1-3H3,(H2,8,13). The molecule has 0 rings (SSSR count). The number of carbonyl (C=O) groups is 1. The number of primary amides is 1. The summed E-state index contributed by atoms with van der Waals surface area (Å²) in [6.07, 6.45) is 0.490. The molecule has 17 heavy (non-hydrogen) atoms. The van der Waals surface area contributed by atoms with Crippen molar-refractivity contribution in [1.82, 2.24) is 5.01 Å². The maximum atomic E-state index is 10.9. The highest BCUT2D eigenvalue weighted by Gasteiger charge is 2.37. The lowest BCUT2D eigenvalue weighted by Gasteiger charge is -2.24. The number of nitrogens with zero attached hydrogens (tertiary/aromatic N) is 4. The molecule has 2 amide bonds. The first-order valence-corrected chi connectivity index (χ1v) is 6.76. The third kappa shape index (κ3) is 5.02. The molecule has 0 atom stereocenters. The summed E-state index contributed by atoms with van der Waals surface area (Å²) in [4.78, 5) is 13.4. The van der Waals surface area contributed by atoms with Crippen LogP contribution in [0.25, 0.3) is 10.4 Å². The van der Waals surface area contributed by atoms with E-state index < -0.39 is 14.8 Å². The van der Waals surface area contributed by atoms with Gasteiger partial charge in [-0.25, -0.2) is 4.79 Å². The fraction of sp³-hybridized carbons (Fsp3) is 0.857. The summed E-state index contributed by atoms with van der Waals surface area (Å²) in [5.74, 6) is 0. The monoisotopic (exact) mass is 263 g/mol. The fourth-order valence-electron chi connectivity index (χ4n) is 1.25. The number of amides is 2. The van der Waals surface area contributed by atoms with Gasteiger partial charge in [0.2, 0.25) is 0 Å². The van der Waals surface area contributed by atoms with Crippen molar-refractivity contribution in [1.29, 1.82) is 0 Å². The van der Waals surface area contributed by atoms with Crippen LogP contribution in [0.3, 0.4) is 0 Å². The van der Waals surface area contributed by atoms with Crippen LogP contribution in [-0.2, 0) is 13.3 Å². The lowest BCUT2D eigenvalue weighted by Crippen LogP contribution is -2.43. The maximum Gasteiger partial charge on any atom is 0.500 e. The van der Waals surface area contributed by atoms with Gasteiger partial charge >= 0.3 is 14.8 Å². The molecule has 0 spiro atoms. The van der Waals surface area contributed by atoms with Crippen LogP contribution in [0.4, 0.5) is 4.79 Å². The molecule has 9 nitrogen and oxygen atoms in total. The molecule has 0 aliphatic carbocycles. The molecule has 2 N–H and O–H groups in total. The van der Waals surface area contributed by atoms with Crippen LogP contribution in [0.15, 0.2) is 5.22 Å². The number of hydrogen-bond acceptors (Lipinski definition) is 5. The molecular formula is C7H17N5O4Si. The third-order valence-electron chi connectivity index (χ3n) is 2.19. The predicted molar refractivity (Wildman–Crippen MR) is 61.6 cm³/mol. The van der Waals surface area contributed by atoms with Gasteiger partial charge in [-0.15, -0.1) is 5.53 Å². The highest BCUT2D eigenvalue weighted by Crippen LogP contribution is 2.15. The number of azide groups is 1. The van der Waals surface area contributed by atoms with Crippen LogP contribution < -0.4 is 5.73 Å². The largest absolute Gasteiger partial charge is 0.500 e. The molecule has 0 bridgehead atoms. The normalized spacial score (nSPS) is 10.8. The second-order valence-corrected chi connectivity index (χ2v) is 6.13. The minimum atomic E-state index is -2.66. The van der Waals surface area contributed by atoms with Crippen LogP contribution in [0.1, 0.15) is 6.42 Å². The lowest BCUT2D eigenvalue weighted by molar-refractivity contribution is 0.121. The Balaban J connectivity index is 4.27. The van der Waals surface area contributed by atoms with Gasteiger partial charge in [0.15, 0.2) is 0 Å². The van der Waals surface area contributed by atoms with Crippen LogP contribution >= 0.6 is 0 Å². The molecule has 0 unspecified atom stereocenters. The summed E-state index contributed by atoms with van der Waals surface area (Å²) >= 11 is 0. The zero-order valence-electron chi connectivity index (χ0n) is 10.1. The van der Waals surface area contributed by atoms with Crippen molar-refractivity contribution in [2.24, 2.45) is 11.0 Å². The van der Waals surface area contributed by atoms with Gasteiger partial charge < -0.3 is 19.0 Å². The molecular weight excluding hydrogens is 246 g/mol.